The molecule has 0 unspecified atom stereocenters. The normalized spacial score (nSPS) is 13.0. The van der Waals surface area contributed by atoms with Crippen LogP contribution < -0.4 is 5.32 Å². The van der Waals surface area contributed by atoms with Crippen molar-refractivity contribution in [3.05, 3.63) is 32.4 Å². The summed E-state index contributed by atoms with van der Waals surface area (Å²) >= 11 is 7.61. The first kappa shape index (κ1) is 14.1. The fourth-order valence-corrected chi connectivity index (χ4v) is 4.13. The van der Waals surface area contributed by atoms with Gasteiger partial charge in [0.1, 0.15) is 16.8 Å². The van der Waals surface area contributed by atoms with Crippen LogP contribution in [-0.2, 0) is 19.9 Å². The van der Waals surface area contributed by atoms with Crippen LogP contribution in [0.25, 0.3) is 0 Å². The number of nitrogens with one attached hydrogen (secondary N) is 1. The van der Waals surface area contributed by atoms with E-state index in [2.05, 4.69) is 16.5 Å². The summed E-state index contributed by atoms with van der Waals surface area (Å²) in [4.78, 5) is 13.6. The van der Waals surface area contributed by atoms with Crippen molar-refractivity contribution in [3.63, 3.8) is 0 Å². The fourth-order valence-electron chi connectivity index (χ4n) is 2.65. The minimum absolute atomic E-state index is 0.312. The molecule has 5 nitrogen and oxygen atoms in total. The van der Waals surface area contributed by atoms with Gasteiger partial charge in [-0.1, -0.05) is 11.6 Å². The number of carbonyl (C=O) groups is 1. The Labute approximate surface area is 131 Å². The highest BCUT2D eigenvalue weighted by Gasteiger charge is 2.25. The zero-order valence-electron chi connectivity index (χ0n) is 11.7. The van der Waals surface area contributed by atoms with Gasteiger partial charge in [-0.2, -0.15) is 10.4 Å². The maximum atomic E-state index is 12.4. The molecule has 0 saturated heterocycles. The molecule has 3 rings (SSSR count). The number of anilines is 1. The molecule has 1 aliphatic carbocycles. The first-order valence-electron chi connectivity index (χ1n) is 6.58. The van der Waals surface area contributed by atoms with Gasteiger partial charge in [0.15, 0.2) is 0 Å². The van der Waals surface area contributed by atoms with E-state index < -0.39 is 0 Å². The molecule has 0 radical (unpaired) electrons. The summed E-state index contributed by atoms with van der Waals surface area (Å²) in [5.74, 6) is -0.334. The standard InChI is InChI=1S/C14H13ClN4OS/c1-7-11(15)12(19(2)18-7)13(20)17-14-9(6-16)8-4-3-5-10(8)21-14/h3-5H2,1-2H3,(H,17,20). The van der Waals surface area contributed by atoms with Crippen LogP contribution in [0, 0.1) is 18.3 Å². The molecule has 1 N–H and O–H groups in total. The van der Waals surface area contributed by atoms with E-state index in [1.165, 1.54) is 20.9 Å². The number of rotatable bonds is 2. The quantitative estimate of drug-likeness (QED) is 0.924. The number of nitriles is 1. The second-order valence-electron chi connectivity index (χ2n) is 5.00. The lowest BCUT2D eigenvalue weighted by molar-refractivity contribution is 0.101. The van der Waals surface area contributed by atoms with Crippen molar-refractivity contribution in [1.29, 1.82) is 5.26 Å². The number of halogens is 1. The number of fused-ring (bicyclic) bond motifs is 1. The molecule has 2 aromatic heterocycles. The summed E-state index contributed by atoms with van der Waals surface area (Å²) in [6.07, 6.45) is 2.98. The summed E-state index contributed by atoms with van der Waals surface area (Å²) in [5, 5.41) is 17.2. The number of hydrogen-bond donors (Lipinski definition) is 1. The molecule has 0 atom stereocenters. The summed E-state index contributed by atoms with van der Waals surface area (Å²) < 4.78 is 1.46. The largest absolute Gasteiger partial charge is 0.311 e. The minimum atomic E-state index is -0.334. The van der Waals surface area contributed by atoms with E-state index in [1.807, 2.05) is 0 Å². The Morgan fingerprint density at radius 3 is 2.90 bits per heavy atom. The number of carbonyl (C=O) groups excluding carboxylic acids is 1. The highest BCUT2D eigenvalue weighted by atomic mass is 35.5. The first-order chi connectivity index (χ1) is 10.0. The fraction of sp³-hybridized carbons (Fsp3) is 0.357. The third-order valence-corrected chi connectivity index (χ3v) is 5.28. The van der Waals surface area contributed by atoms with Crippen molar-refractivity contribution < 1.29 is 4.79 Å². The van der Waals surface area contributed by atoms with Gasteiger partial charge in [-0.05, 0) is 31.7 Å². The van der Waals surface area contributed by atoms with Crippen LogP contribution in [0.15, 0.2) is 0 Å². The second kappa shape index (κ2) is 5.17. The zero-order valence-corrected chi connectivity index (χ0v) is 13.2. The van der Waals surface area contributed by atoms with Crippen LogP contribution in [0.2, 0.25) is 5.02 Å². The Morgan fingerprint density at radius 1 is 1.52 bits per heavy atom. The molecule has 0 fully saturated rings. The maximum absolute atomic E-state index is 12.4. The van der Waals surface area contributed by atoms with Crippen molar-refractivity contribution >= 4 is 33.8 Å². The van der Waals surface area contributed by atoms with Crippen molar-refractivity contribution in [2.75, 3.05) is 5.32 Å². The Bertz CT molecular complexity index is 784. The van der Waals surface area contributed by atoms with E-state index in [0.29, 0.717) is 27.0 Å². The molecule has 0 saturated carbocycles. The zero-order chi connectivity index (χ0) is 15.1. The van der Waals surface area contributed by atoms with Gasteiger partial charge < -0.3 is 5.32 Å². The highest BCUT2D eigenvalue weighted by Crippen LogP contribution is 2.38. The Hall–Kier alpha value is -1.84. The third kappa shape index (κ3) is 2.23. The summed E-state index contributed by atoms with van der Waals surface area (Å²) in [6.45, 7) is 1.75. The molecular formula is C14H13ClN4OS. The van der Waals surface area contributed by atoms with Crippen LogP contribution in [-0.4, -0.2) is 15.7 Å². The van der Waals surface area contributed by atoms with Crippen LogP contribution in [0.5, 0.6) is 0 Å². The number of hydrogen-bond acceptors (Lipinski definition) is 4. The van der Waals surface area contributed by atoms with Gasteiger partial charge in [-0.3, -0.25) is 9.48 Å². The molecule has 21 heavy (non-hydrogen) atoms. The van der Waals surface area contributed by atoms with Gasteiger partial charge in [0.25, 0.3) is 5.91 Å². The van der Waals surface area contributed by atoms with Crippen LogP contribution >= 0.6 is 22.9 Å². The lowest BCUT2D eigenvalue weighted by atomic mass is 10.1. The average Bonchev–Trinajstić information content (AvgIpc) is 3.04. The molecule has 1 amide bonds. The maximum Gasteiger partial charge on any atom is 0.276 e. The third-order valence-electron chi connectivity index (χ3n) is 3.62. The van der Waals surface area contributed by atoms with Gasteiger partial charge in [-0.25, -0.2) is 0 Å². The summed E-state index contributed by atoms with van der Waals surface area (Å²) in [5.41, 5.74) is 2.60. The molecule has 1 aliphatic rings. The Balaban J connectivity index is 1.94. The van der Waals surface area contributed by atoms with Crippen molar-refractivity contribution in [2.24, 2.45) is 7.05 Å². The molecule has 2 aromatic rings. The molecule has 7 heteroatoms. The minimum Gasteiger partial charge on any atom is -0.311 e. The van der Waals surface area contributed by atoms with Crippen molar-refractivity contribution in [2.45, 2.75) is 26.2 Å². The van der Waals surface area contributed by atoms with Gasteiger partial charge in [0.05, 0.1) is 16.3 Å². The number of aromatic nitrogens is 2. The van der Waals surface area contributed by atoms with Gasteiger partial charge in [0, 0.05) is 11.9 Å². The van der Waals surface area contributed by atoms with Crippen LogP contribution in [0.4, 0.5) is 5.00 Å². The van der Waals surface area contributed by atoms with Gasteiger partial charge in [-0.15, -0.1) is 11.3 Å². The summed E-state index contributed by atoms with van der Waals surface area (Å²) in [7, 11) is 1.67. The number of aryl methyl sites for hydroxylation is 3. The SMILES string of the molecule is Cc1nn(C)c(C(=O)Nc2sc3c(c2C#N)CCC3)c1Cl. The average molecular weight is 321 g/mol. The lowest BCUT2D eigenvalue weighted by Gasteiger charge is -2.05. The van der Waals surface area contributed by atoms with E-state index in [-0.39, 0.29) is 5.91 Å². The van der Waals surface area contributed by atoms with E-state index >= 15 is 0 Å². The molecule has 0 aromatic carbocycles. The Morgan fingerprint density at radius 2 is 2.29 bits per heavy atom. The van der Waals surface area contributed by atoms with Gasteiger partial charge >= 0.3 is 0 Å². The Kier molecular flexibility index (Phi) is 3.47. The summed E-state index contributed by atoms with van der Waals surface area (Å²) in [6, 6.07) is 2.21. The van der Waals surface area contributed by atoms with Gasteiger partial charge in [0.2, 0.25) is 0 Å². The molecule has 108 valence electrons. The molecule has 0 aliphatic heterocycles. The second-order valence-corrected chi connectivity index (χ2v) is 6.48. The van der Waals surface area contributed by atoms with Crippen LogP contribution in [0.1, 0.15) is 38.6 Å². The molecule has 0 spiro atoms. The van der Waals surface area contributed by atoms with Crippen molar-refractivity contribution in [1.82, 2.24) is 9.78 Å². The van der Waals surface area contributed by atoms with Crippen LogP contribution in [0.3, 0.4) is 0 Å². The van der Waals surface area contributed by atoms with E-state index in [4.69, 9.17) is 11.6 Å². The van der Waals surface area contributed by atoms with E-state index in [1.54, 1.807) is 14.0 Å². The first-order valence-corrected chi connectivity index (χ1v) is 7.77. The number of amides is 1. The highest BCUT2D eigenvalue weighted by molar-refractivity contribution is 7.16. The van der Waals surface area contributed by atoms with Crippen molar-refractivity contribution in [3.8, 4) is 6.07 Å². The van der Waals surface area contributed by atoms with E-state index in [0.717, 1.165) is 24.8 Å². The molecular weight excluding hydrogens is 308 g/mol. The lowest BCUT2D eigenvalue weighted by Crippen LogP contribution is -2.16. The predicted octanol–water partition coefficient (Wildman–Crippen LogP) is 3.06. The van der Waals surface area contributed by atoms with E-state index in [9.17, 15) is 10.1 Å². The smallest absolute Gasteiger partial charge is 0.276 e. The molecule has 0 bridgehead atoms. The predicted molar refractivity (Wildman–Crippen MR) is 82.0 cm³/mol. The number of nitrogens with zero attached hydrogens (tertiary/aromatic N) is 3. The number of thiophene rings is 1. The topological polar surface area (TPSA) is 70.7 Å². The molecule has 2 heterocycles. The monoisotopic (exact) mass is 320 g/mol.